The molecule has 3 aromatic rings. The van der Waals surface area contributed by atoms with Gasteiger partial charge in [0.05, 0.1) is 17.4 Å². The van der Waals surface area contributed by atoms with E-state index in [-0.39, 0.29) is 5.56 Å². The van der Waals surface area contributed by atoms with Crippen LogP contribution >= 0.6 is 15.0 Å². The molecule has 0 fully saturated rings. The molecule has 11 heteroatoms. The molecule has 26 heavy (non-hydrogen) atoms. The molecule has 8 nitrogen and oxygen atoms in total. The second-order valence-electron chi connectivity index (χ2n) is 6.00. The van der Waals surface area contributed by atoms with Gasteiger partial charge in [0.2, 0.25) is 7.37 Å². The van der Waals surface area contributed by atoms with Crippen LogP contribution in [0.4, 0.5) is 4.39 Å². The van der Waals surface area contributed by atoms with Crippen molar-refractivity contribution in [2.75, 3.05) is 6.66 Å². The number of nitrogens with zero attached hydrogens (tertiary/aromatic N) is 2. The van der Waals surface area contributed by atoms with Crippen LogP contribution in [0.3, 0.4) is 0 Å². The van der Waals surface area contributed by atoms with Gasteiger partial charge in [0, 0.05) is 30.2 Å². The second-order valence-corrected chi connectivity index (χ2v) is 10.6. The summed E-state index contributed by atoms with van der Waals surface area (Å²) in [7, 11) is -10.3. The summed E-state index contributed by atoms with van der Waals surface area (Å²) in [5.41, 5.74) is 2.00. The van der Waals surface area contributed by atoms with Gasteiger partial charge < -0.3 is 14.7 Å². The molecule has 2 unspecified atom stereocenters. The minimum Gasteiger partial charge on any atom is -0.342 e. The standard InChI is InChI=1S/C15H16FN3O5P2/c1-25(20,21)15(16,26(22,23)24)8-10-5-6-17-14(7-10)11-3-2-4-13-12(11)9-18-19-13/h2-7,9H,8H2,1H3,(H,18,19)(H,20,21)(H2,22,23,24). The fourth-order valence-corrected chi connectivity index (χ4v) is 5.47. The molecular formula is C15H16FN3O5P2. The lowest BCUT2D eigenvalue weighted by Crippen LogP contribution is -2.26. The van der Waals surface area contributed by atoms with Gasteiger partial charge in [-0.05, 0) is 23.8 Å². The van der Waals surface area contributed by atoms with E-state index in [9.17, 15) is 28.2 Å². The number of hydrogen-bond donors (Lipinski definition) is 4. The largest absolute Gasteiger partial charge is 0.372 e. The van der Waals surface area contributed by atoms with Crippen LogP contribution in [0, 0.1) is 0 Å². The number of H-pyrrole nitrogens is 1. The van der Waals surface area contributed by atoms with E-state index in [0.29, 0.717) is 17.9 Å². The summed E-state index contributed by atoms with van der Waals surface area (Å²) in [6.07, 6.45) is 2.03. The van der Waals surface area contributed by atoms with Crippen LogP contribution in [-0.2, 0) is 15.6 Å². The number of hydrogen-bond acceptors (Lipinski definition) is 4. The van der Waals surface area contributed by atoms with E-state index >= 15 is 0 Å². The number of aromatic amines is 1. The van der Waals surface area contributed by atoms with E-state index in [1.54, 1.807) is 18.3 Å². The Morgan fingerprint density at radius 2 is 1.96 bits per heavy atom. The molecule has 0 saturated heterocycles. The van der Waals surface area contributed by atoms with Gasteiger partial charge in [-0.1, -0.05) is 12.1 Å². The van der Waals surface area contributed by atoms with Crippen molar-refractivity contribution in [1.82, 2.24) is 15.2 Å². The van der Waals surface area contributed by atoms with Crippen molar-refractivity contribution in [2.24, 2.45) is 0 Å². The molecule has 138 valence electrons. The van der Waals surface area contributed by atoms with Gasteiger partial charge in [-0.25, -0.2) is 4.39 Å². The van der Waals surface area contributed by atoms with Crippen molar-refractivity contribution < 1.29 is 28.2 Å². The zero-order chi connectivity index (χ0) is 19.2. The lowest BCUT2D eigenvalue weighted by atomic mass is 10.0. The van der Waals surface area contributed by atoms with Gasteiger partial charge in [0.15, 0.2) is 0 Å². The first-order valence-corrected chi connectivity index (χ1v) is 11.2. The minimum absolute atomic E-state index is 0.137. The summed E-state index contributed by atoms with van der Waals surface area (Å²) in [6.45, 7) is 0.598. The summed E-state index contributed by atoms with van der Waals surface area (Å²) in [6, 6.07) is 8.13. The fraction of sp³-hybridized carbons (Fsp3) is 0.200. The predicted octanol–water partition coefficient (Wildman–Crippen LogP) is 2.87. The molecule has 2 heterocycles. The number of alkyl halides is 1. The predicted molar refractivity (Wildman–Crippen MR) is 94.7 cm³/mol. The van der Waals surface area contributed by atoms with Gasteiger partial charge in [-0.3, -0.25) is 19.2 Å². The zero-order valence-corrected chi connectivity index (χ0v) is 15.4. The van der Waals surface area contributed by atoms with Crippen LogP contribution in [-0.4, -0.2) is 41.7 Å². The third-order valence-corrected chi connectivity index (χ3v) is 8.47. The molecule has 1 aromatic carbocycles. The van der Waals surface area contributed by atoms with Crippen molar-refractivity contribution in [2.45, 2.75) is 11.6 Å². The molecule has 0 aliphatic rings. The Morgan fingerprint density at radius 3 is 2.62 bits per heavy atom. The van der Waals surface area contributed by atoms with Crippen LogP contribution in [0.25, 0.3) is 22.2 Å². The molecule has 4 N–H and O–H groups in total. The molecule has 3 rings (SSSR count). The monoisotopic (exact) mass is 399 g/mol. The Balaban J connectivity index is 2.07. The molecule has 0 radical (unpaired) electrons. The van der Waals surface area contributed by atoms with E-state index in [0.717, 1.165) is 10.9 Å². The molecule has 0 amide bonds. The summed E-state index contributed by atoms with van der Waals surface area (Å²) in [5.74, 6) is 0. The number of fused-ring (bicyclic) bond motifs is 1. The Kier molecular flexibility index (Phi) is 4.63. The van der Waals surface area contributed by atoms with E-state index in [4.69, 9.17) is 0 Å². The Bertz CT molecular complexity index is 1040. The normalized spacial score (nSPS) is 17.0. The zero-order valence-electron chi connectivity index (χ0n) is 13.6. The number of nitrogens with one attached hydrogen (secondary N) is 1. The summed E-state index contributed by atoms with van der Waals surface area (Å²) >= 11 is 0. The van der Waals surface area contributed by atoms with E-state index < -0.39 is 26.5 Å². The van der Waals surface area contributed by atoms with Crippen molar-refractivity contribution in [3.8, 4) is 11.3 Å². The molecule has 0 bridgehead atoms. The minimum atomic E-state index is -5.51. The first kappa shape index (κ1) is 18.9. The van der Waals surface area contributed by atoms with Crippen LogP contribution in [0.5, 0.6) is 0 Å². The smallest absolute Gasteiger partial charge is 0.342 e. The molecular weight excluding hydrogens is 383 g/mol. The average molecular weight is 399 g/mol. The molecule has 0 saturated carbocycles. The number of halogens is 1. The number of benzene rings is 1. The van der Waals surface area contributed by atoms with E-state index in [1.807, 2.05) is 6.07 Å². The van der Waals surface area contributed by atoms with Crippen LogP contribution in [0.15, 0.2) is 42.7 Å². The van der Waals surface area contributed by atoms with Gasteiger partial charge in [-0.2, -0.15) is 5.10 Å². The SMILES string of the molecule is CP(=O)(O)C(F)(Cc1ccnc(-c2cccc3[nH]ncc23)c1)P(=O)(O)O. The Labute approximate surface area is 147 Å². The highest BCUT2D eigenvalue weighted by Crippen LogP contribution is 2.71. The van der Waals surface area contributed by atoms with E-state index in [1.165, 1.54) is 18.3 Å². The molecule has 0 aliphatic heterocycles. The highest BCUT2D eigenvalue weighted by molar-refractivity contribution is 7.74. The van der Waals surface area contributed by atoms with Crippen molar-refractivity contribution >= 4 is 25.9 Å². The fourth-order valence-electron chi connectivity index (χ4n) is 2.67. The second kappa shape index (κ2) is 6.37. The Morgan fingerprint density at radius 1 is 1.23 bits per heavy atom. The quantitative estimate of drug-likeness (QED) is 0.484. The average Bonchev–Trinajstić information content (AvgIpc) is 3.01. The van der Waals surface area contributed by atoms with Crippen molar-refractivity contribution in [3.63, 3.8) is 0 Å². The third-order valence-electron chi connectivity index (χ3n) is 4.10. The first-order valence-electron chi connectivity index (χ1n) is 7.45. The summed E-state index contributed by atoms with van der Waals surface area (Å²) in [4.78, 5) is 32.4. The summed E-state index contributed by atoms with van der Waals surface area (Å²) < 4.78 is 38.3. The topological polar surface area (TPSA) is 136 Å². The van der Waals surface area contributed by atoms with Crippen LogP contribution in [0.2, 0.25) is 0 Å². The summed E-state index contributed by atoms with van der Waals surface area (Å²) in [5, 5.41) is 3.96. The lowest BCUT2D eigenvalue weighted by Gasteiger charge is -2.28. The molecule has 2 aromatic heterocycles. The molecule has 0 spiro atoms. The number of rotatable bonds is 5. The van der Waals surface area contributed by atoms with Crippen molar-refractivity contribution in [3.05, 3.63) is 48.3 Å². The molecule has 2 atom stereocenters. The lowest BCUT2D eigenvalue weighted by molar-refractivity contribution is 0.251. The Hall–Kier alpha value is -1.89. The van der Waals surface area contributed by atoms with Crippen molar-refractivity contribution in [1.29, 1.82) is 0 Å². The number of pyridine rings is 1. The van der Waals surface area contributed by atoms with Gasteiger partial charge in [-0.15, -0.1) is 0 Å². The first-order chi connectivity index (χ1) is 12.0. The van der Waals surface area contributed by atoms with Crippen LogP contribution in [0.1, 0.15) is 5.56 Å². The van der Waals surface area contributed by atoms with Gasteiger partial charge in [0.25, 0.3) is 5.15 Å². The van der Waals surface area contributed by atoms with Crippen LogP contribution < -0.4 is 0 Å². The highest BCUT2D eigenvalue weighted by atomic mass is 31.2. The van der Waals surface area contributed by atoms with Gasteiger partial charge in [0.1, 0.15) is 0 Å². The highest BCUT2D eigenvalue weighted by Gasteiger charge is 2.59. The number of aromatic nitrogens is 3. The maximum atomic E-state index is 14.9. The van der Waals surface area contributed by atoms with Gasteiger partial charge >= 0.3 is 7.60 Å². The maximum Gasteiger partial charge on any atom is 0.372 e. The third kappa shape index (κ3) is 3.24. The van der Waals surface area contributed by atoms with E-state index in [2.05, 4.69) is 15.2 Å². The maximum absolute atomic E-state index is 14.9. The molecule has 0 aliphatic carbocycles.